The highest BCUT2D eigenvalue weighted by molar-refractivity contribution is 7.89. The zero-order valence-electron chi connectivity index (χ0n) is 7.85. The van der Waals surface area contributed by atoms with E-state index in [2.05, 4.69) is 9.71 Å². The Morgan fingerprint density at radius 1 is 1.53 bits per heavy atom. The Morgan fingerprint density at radius 2 is 2.27 bits per heavy atom. The third-order valence-corrected chi connectivity index (χ3v) is 3.30. The summed E-state index contributed by atoms with van der Waals surface area (Å²) < 4.78 is 25.5. The van der Waals surface area contributed by atoms with Gasteiger partial charge < -0.3 is 5.11 Å². The molecule has 0 radical (unpaired) electrons. The van der Waals surface area contributed by atoms with Crippen LogP contribution in [0.5, 0.6) is 0 Å². The number of aliphatic hydroxyl groups is 1. The van der Waals surface area contributed by atoms with Crippen molar-refractivity contribution < 1.29 is 13.5 Å². The highest BCUT2D eigenvalue weighted by Crippen LogP contribution is 2.12. The largest absolute Gasteiger partial charge is 0.396 e. The van der Waals surface area contributed by atoms with Gasteiger partial charge in [-0.1, -0.05) is 11.6 Å². The first-order valence-electron chi connectivity index (χ1n) is 4.28. The normalized spacial score (nSPS) is 11.6. The second kappa shape index (κ2) is 5.41. The minimum absolute atomic E-state index is 0.0559. The zero-order chi connectivity index (χ0) is 11.3. The van der Waals surface area contributed by atoms with E-state index in [1.807, 2.05) is 0 Å². The molecule has 0 aliphatic heterocycles. The van der Waals surface area contributed by atoms with Crippen LogP contribution in [-0.4, -0.2) is 31.7 Å². The van der Waals surface area contributed by atoms with E-state index >= 15 is 0 Å². The topological polar surface area (TPSA) is 79.3 Å². The van der Waals surface area contributed by atoms with Crippen molar-refractivity contribution in [3.63, 3.8) is 0 Å². The van der Waals surface area contributed by atoms with Crippen molar-refractivity contribution in [2.24, 2.45) is 0 Å². The summed E-state index contributed by atoms with van der Waals surface area (Å²) in [7, 11) is -3.54. The molecule has 0 bridgehead atoms. The molecule has 0 saturated heterocycles. The summed E-state index contributed by atoms with van der Waals surface area (Å²) in [5, 5.41) is 8.64. The van der Waals surface area contributed by atoms with Crippen molar-refractivity contribution in [2.75, 3.05) is 13.2 Å². The lowest BCUT2D eigenvalue weighted by molar-refractivity contribution is 0.289. The van der Waals surface area contributed by atoms with Gasteiger partial charge in [0, 0.05) is 19.3 Å². The van der Waals surface area contributed by atoms with E-state index in [0.717, 1.165) is 0 Å². The molecule has 0 fully saturated rings. The van der Waals surface area contributed by atoms with Crippen LogP contribution in [0.4, 0.5) is 0 Å². The molecule has 1 rings (SSSR count). The SMILES string of the molecule is O=S(=O)(NCCCO)c1ccnc(Cl)c1. The number of nitrogens with zero attached hydrogens (tertiary/aromatic N) is 1. The number of pyridine rings is 1. The third-order valence-electron chi connectivity index (χ3n) is 1.64. The molecule has 2 N–H and O–H groups in total. The Morgan fingerprint density at radius 3 is 2.87 bits per heavy atom. The van der Waals surface area contributed by atoms with E-state index in [0.29, 0.717) is 6.42 Å². The fourth-order valence-electron chi connectivity index (χ4n) is 0.921. The lowest BCUT2D eigenvalue weighted by Crippen LogP contribution is -2.25. The number of nitrogens with one attached hydrogen (secondary N) is 1. The third kappa shape index (κ3) is 3.75. The van der Waals surface area contributed by atoms with E-state index in [4.69, 9.17) is 16.7 Å². The van der Waals surface area contributed by atoms with Gasteiger partial charge in [-0.3, -0.25) is 0 Å². The van der Waals surface area contributed by atoms with Crippen molar-refractivity contribution >= 4 is 21.6 Å². The molecule has 0 aromatic carbocycles. The predicted molar refractivity (Wildman–Crippen MR) is 56.1 cm³/mol. The minimum atomic E-state index is -3.54. The Labute approximate surface area is 93.2 Å². The van der Waals surface area contributed by atoms with Crippen LogP contribution in [0.25, 0.3) is 0 Å². The van der Waals surface area contributed by atoms with Crippen LogP contribution in [0, 0.1) is 0 Å². The first-order valence-corrected chi connectivity index (χ1v) is 6.14. The molecule has 0 spiro atoms. The predicted octanol–water partition coefficient (Wildman–Crippen LogP) is 0.396. The van der Waals surface area contributed by atoms with Crippen molar-refractivity contribution in [1.82, 2.24) is 9.71 Å². The number of hydrogen-bond donors (Lipinski definition) is 2. The minimum Gasteiger partial charge on any atom is -0.396 e. The monoisotopic (exact) mass is 250 g/mol. The number of rotatable bonds is 5. The maximum atomic E-state index is 11.6. The maximum absolute atomic E-state index is 11.6. The van der Waals surface area contributed by atoms with Gasteiger partial charge >= 0.3 is 0 Å². The quantitative estimate of drug-likeness (QED) is 0.586. The van der Waals surface area contributed by atoms with Gasteiger partial charge in [0.15, 0.2) is 0 Å². The summed E-state index contributed by atoms with van der Waals surface area (Å²) in [6.45, 7) is 0.137. The number of halogens is 1. The summed E-state index contributed by atoms with van der Waals surface area (Å²) in [4.78, 5) is 3.75. The van der Waals surface area contributed by atoms with Crippen molar-refractivity contribution in [1.29, 1.82) is 0 Å². The Kier molecular flexibility index (Phi) is 4.46. The van der Waals surface area contributed by atoms with E-state index in [-0.39, 0.29) is 23.2 Å². The lowest BCUT2D eigenvalue weighted by Gasteiger charge is -2.05. The molecule has 0 aliphatic rings. The Bertz CT molecular complexity index is 422. The maximum Gasteiger partial charge on any atom is 0.240 e. The summed E-state index contributed by atoms with van der Waals surface area (Å²) in [5.74, 6) is 0. The molecule has 1 heterocycles. The molecule has 1 aromatic rings. The van der Waals surface area contributed by atoms with E-state index in [9.17, 15) is 8.42 Å². The zero-order valence-corrected chi connectivity index (χ0v) is 9.42. The highest BCUT2D eigenvalue weighted by atomic mass is 35.5. The van der Waals surface area contributed by atoms with Gasteiger partial charge in [0.2, 0.25) is 10.0 Å². The van der Waals surface area contributed by atoms with Crippen molar-refractivity contribution in [2.45, 2.75) is 11.3 Å². The van der Waals surface area contributed by atoms with Crippen LogP contribution in [0.3, 0.4) is 0 Å². The molecular weight excluding hydrogens is 240 g/mol. The summed E-state index contributed by atoms with van der Waals surface area (Å²) in [5.41, 5.74) is 0. The molecule has 7 heteroatoms. The van der Waals surface area contributed by atoms with Gasteiger partial charge in [-0.25, -0.2) is 18.1 Å². The van der Waals surface area contributed by atoms with Crippen LogP contribution >= 0.6 is 11.6 Å². The second-order valence-corrected chi connectivity index (χ2v) is 4.94. The first kappa shape index (κ1) is 12.4. The Hall–Kier alpha value is -0.690. The van der Waals surface area contributed by atoms with Crippen LogP contribution in [0.15, 0.2) is 23.2 Å². The second-order valence-electron chi connectivity index (χ2n) is 2.79. The summed E-state index contributed by atoms with van der Waals surface area (Å²) >= 11 is 5.57. The molecule has 0 atom stereocenters. The molecule has 0 aliphatic carbocycles. The van der Waals surface area contributed by atoms with E-state index < -0.39 is 10.0 Å². The number of aromatic nitrogens is 1. The molecule has 0 unspecified atom stereocenters. The average molecular weight is 251 g/mol. The average Bonchev–Trinajstić information content (AvgIpc) is 2.18. The van der Waals surface area contributed by atoms with Gasteiger partial charge in [0.05, 0.1) is 4.90 Å². The molecular formula is C8H11ClN2O3S. The van der Waals surface area contributed by atoms with Crippen molar-refractivity contribution in [3.05, 3.63) is 23.5 Å². The number of sulfonamides is 1. The highest BCUT2D eigenvalue weighted by Gasteiger charge is 2.13. The molecule has 15 heavy (non-hydrogen) atoms. The summed E-state index contributed by atoms with van der Waals surface area (Å²) in [6, 6.07) is 2.62. The number of hydrogen-bond acceptors (Lipinski definition) is 4. The van der Waals surface area contributed by atoms with Gasteiger partial charge in [-0.15, -0.1) is 0 Å². The fraction of sp³-hybridized carbons (Fsp3) is 0.375. The first-order chi connectivity index (χ1) is 7.06. The van der Waals surface area contributed by atoms with Crippen LogP contribution in [-0.2, 0) is 10.0 Å². The van der Waals surface area contributed by atoms with Gasteiger partial charge in [0.1, 0.15) is 5.15 Å². The fourth-order valence-corrected chi connectivity index (χ4v) is 2.25. The van der Waals surface area contributed by atoms with Crippen LogP contribution < -0.4 is 4.72 Å². The van der Waals surface area contributed by atoms with Crippen LogP contribution in [0.1, 0.15) is 6.42 Å². The molecule has 5 nitrogen and oxygen atoms in total. The standard InChI is InChI=1S/C8H11ClN2O3S/c9-8-6-7(2-4-10-8)15(13,14)11-3-1-5-12/h2,4,6,11-12H,1,3,5H2. The summed E-state index contributed by atoms with van der Waals surface area (Å²) in [6.07, 6.45) is 1.70. The van der Waals surface area contributed by atoms with E-state index in [1.54, 1.807) is 0 Å². The van der Waals surface area contributed by atoms with E-state index in [1.165, 1.54) is 18.3 Å². The van der Waals surface area contributed by atoms with Crippen LogP contribution in [0.2, 0.25) is 5.15 Å². The lowest BCUT2D eigenvalue weighted by atomic mass is 10.5. The molecule has 1 aromatic heterocycles. The van der Waals surface area contributed by atoms with Gasteiger partial charge in [-0.05, 0) is 18.6 Å². The molecule has 0 amide bonds. The van der Waals surface area contributed by atoms with Gasteiger partial charge in [-0.2, -0.15) is 0 Å². The van der Waals surface area contributed by atoms with Crippen molar-refractivity contribution in [3.8, 4) is 0 Å². The smallest absolute Gasteiger partial charge is 0.240 e. The Balaban J connectivity index is 2.77. The number of aliphatic hydroxyl groups excluding tert-OH is 1. The van der Waals surface area contributed by atoms with Gasteiger partial charge in [0.25, 0.3) is 0 Å². The molecule has 84 valence electrons. The molecule has 0 saturated carbocycles.